The third-order valence-electron chi connectivity index (χ3n) is 2.84. The molecular formula is C10H15NO3. The van der Waals surface area contributed by atoms with E-state index in [0.29, 0.717) is 26.1 Å². The van der Waals surface area contributed by atoms with Crippen LogP contribution in [0.1, 0.15) is 24.4 Å². The Kier molecular flexibility index (Phi) is 2.58. The van der Waals surface area contributed by atoms with Crippen molar-refractivity contribution in [3.8, 4) is 0 Å². The van der Waals surface area contributed by atoms with Gasteiger partial charge >= 0.3 is 0 Å². The first-order chi connectivity index (χ1) is 6.72. The zero-order valence-corrected chi connectivity index (χ0v) is 7.98. The summed E-state index contributed by atoms with van der Waals surface area (Å²) in [6, 6.07) is 1.41. The lowest BCUT2D eigenvalue weighted by Gasteiger charge is -2.36. The monoisotopic (exact) mass is 197 g/mol. The van der Waals surface area contributed by atoms with E-state index in [0.717, 1.165) is 5.56 Å². The van der Waals surface area contributed by atoms with Gasteiger partial charge in [0.15, 0.2) is 0 Å². The standard InChI is InChI=1S/C10H15NO3/c11-9(8-1-4-14-7-8)10(12)2-5-13-6-3-10/h1,4,7,9,12H,2-3,5-6,11H2. The van der Waals surface area contributed by atoms with Crippen molar-refractivity contribution in [3.63, 3.8) is 0 Å². The van der Waals surface area contributed by atoms with Crippen LogP contribution in [0.3, 0.4) is 0 Å². The summed E-state index contributed by atoms with van der Waals surface area (Å²) >= 11 is 0. The van der Waals surface area contributed by atoms with Crippen LogP contribution in [0, 0.1) is 0 Å². The molecule has 0 aromatic carbocycles. The van der Waals surface area contributed by atoms with E-state index in [1.165, 1.54) is 0 Å². The van der Waals surface area contributed by atoms with Crippen molar-refractivity contribution in [3.05, 3.63) is 24.2 Å². The number of hydrogen-bond acceptors (Lipinski definition) is 4. The van der Waals surface area contributed by atoms with Crippen molar-refractivity contribution in [2.75, 3.05) is 13.2 Å². The van der Waals surface area contributed by atoms with Gasteiger partial charge in [0.05, 0.1) is 24.2 Å². The topological polar surface area (TPSA) is 68.6 Å². The molecule has 78 valence electrons. The molecule has 1 saturated heterocycles. The molecule has 1 aromatic heterocycles. The van der Waals surface area contributed by atoms with Gasteiger partial charge < -0.3 is 20.0 Å². The van der Waals surface area contributed by atoms with Crippen LogP contribution in [0.4, 0.5) is 0 Å². The Morgan fingerprint density at radius 1 is 1.43 bits per heavy atom. The van der Waals surface area contributed by atoms with Crippen molar-refractivity contribution >= 4 is 0 Å². The molecule has 4 nitrogen and oxygen atoms in total. The zero-order valence-electron chi connectivity index (χ0n) is 7.98. The number of nitrogens with two attached hydrogens (primary N) is 1. The molecule has 1 aliphatic rings. The second-order valence-corrected chi connectivity index (χ2v) is 3.75. The number of aliphatic hydroxyl groups is 1. The molecule has 1 aliphatic heterocycles. The Morgan fingerprint density at radius 2 is 2.14 bits per heavy atom. The van der Waals surface area contributed by atoms with Crippen molar-refractivity contribution in [1.29, 1.82) is 0 Å². The van der Waals surface area contributed by atoms with Crippen LogP contribution in [-0.4, -0.2) is 23.9 Å². The van der Waals surface area contributed by atoms with Crippen molar-refractivity contribution in [2.24, 2.45) is 5.73 Å². The fourth-order valence-corrected chi connectivity index (χ4v) is 1.80. The quantitative estimate of drug-likeness (QED) is 0.736. The second-order valence-electron chi connectivity index (χ2n) is 3.75. The highest BCUT2D eigenvalue weighted by Gasteiger charge is 2.37. The molecular weight excluding hydrogens is 182 g/mol. The minimum absolute atomic E-state index is 0.384. The van der Waals surface area contributed by atoms with Gasteiger partial charge in [-0.15, -0.1) is 0 Å². The lowest BCUT2D eigenvalue weighted by molar-refractivity contribution is -0.0791. The summed E-state index contributed by atoms with van der Waals surface area (Å²) < 4.78 is 10.1. The summed E-state index contributed by atoms with van der Waals surface area (Å²) in [6.07, 6.45) is 4.31. The summed E-state index contributed by atoms with van der Waals surface area (Å²) in [6.45, 7) is 1.14. The van der Waals surface area contributed by atoms with Crippen LogP contribution >= 0.6 is 0 Å². The zero-order chi connectivity index (χ0) is 10.0. The van der Waals surface area contributed by atoms with Gasteiger partial charge in [0.2, 0.25) is 0 Å². The SMILES string of the molecule is NC(c1ccoc1)C1(O)CCOCC1. The lowest BCUT2D eigenvalue weighted by atomic mass is 9.84. The lowest BCUT2D eigenvalue weighted by Crippen LogP contribution is -2.45. The number of rotatable bonds is 2. The average Bonchev–Trinajstić information content (AvgIpc) is 2.70. The minimum Gasteiger partial charge on any atom is -0.472 e. The molecule has 1 unspecified atom stereocenters. The van der Waals surface area contributed by atoms with Gasteiger partial charge in [0.1, 0.15) is 0 Å². The Labute approximate surface area is 82.7 Å². The van der Waals surface area contributed by atoms with Gasteiger partial charge in [-0.05, 0) is 6.07 Å². The first kappa shape index (κ1) is 9.71. The molecule has 4 heteroatoms. The molecule has 3 N–H and O–H groups in total. The van der Waals surface area contributed by atoms with E-state index in [1.807, 2.05) is 0 Å². The van der Waals surface area contributed by atoms with Crippen LogP contribution < -0.4 is 5.73 Å². The van der Waals surface area contributed by atoms with E-state index < -0.39 is 5.60 Å². The molecule has 0 spiro atoms. The molecule has 0 aliphatic carbocycles. The van der Waals surface area contributed by atoms with Gasteiger partial charge in [-0.1, -0.05) is 0 Å². The van der Waals surface area contributed by atoms with Gasteiger partial charge in [-0.3, -0.25) is 0 Å². The molecule has 0 radical (unpaired) electrons. The summed E-state index contributed by atoms with van der Waals surface area (Å²) in [5.41, 5.74) is 5.98. The van der Waals surface area contributed by atoms with Crippen LogP contribution in [0.2, 0.25) is 0 Å². The van der Waals surface area contributed by atoms with Crippen molar-refractivity contribution in [1.82, 2.24) is 0 Å². The van der Waals surface area contributed by atoms with Crippen molar-refractivity contribution in [2.45, 2.75) is 24.5 Å². The fraction of sp³-hybridized carbons (Fsp3) is 0.600. The molecule has 1 atom stereocenters. The van der Waals surface area contributed by atoms with Crippen LogP contribution in [0.25, 0.3) is 0 Å². The highest BCUT2D eigenvalue weighted by molar-refractivity contribution is 5.16. The van der Waals surface area contributed by atoms with Crippen LogP contribution in [-0.2, 0) is 4.74 Å². The van der Waals surface area contributed by atoms with E-state index in [2.05, 4.69) is 0 Å². The van der Waals surface area contributed by atoms with Gasteiger partial charge in [-0.25, -0.2) is 0 Å². The molecule has 1 fully saturated rings. The summed E-state index contributed by atoms with van der Waals surface area (Å²) in [7, 11) is 0. The normalized spacial score (nSPS) is 23.3. The van der Waals surface area contributed by atoms with Gasteiger partial charge in [0, 0.05) is 31.6 Å². The average molecular weight is 197 g/mol. The van der Waals surface area contributed by atoms with Crippen molar-refractivity contribution < 1.29 is 14.3 Å². The Bertz CT molecular complexity index is 278. The second kappa shape index (κ2) is 3.73. The first-order valence-corrected chi connectivity index (χ1v) is 4.80. The number of hydrogen-bond donors (Lipinski definition) is 2. The highest BCUT2D eigenvalue weighted by atomic mass is 16.5. The summed E-state index contributed by atoms with van der Waals surface area (Å²) in [5, 5.41) is 10.3. The largest absolute Gasteiger partial charge is 0.472 e. The van der Waals surface area contributed by atoms with Crippen LogP contribution in [0.5, 0.6) is 0 Å². The molecule has 14 heavy (non-hydrogen) atoms. The Hall–Kier alpha value is -0.840. The maximum Gasteiger partial charge on any atom is 0.0951 e. The predicted molar refractivity (Wildman–Crippen MR) is 50.6 cm³/mol. The molecule has 0 saturated carbocycles. The first-order valence-electron chi connectivity index (χ1n) is 4.80. The van der Waals surface area contributed by atoms with E-state index in [1.54, 1.807) is 18.6 Å². The molecule has 0 bridgehead atoms. The third-order valence-corrected chi connectivity index (χ3v) is 2.84. The maximum atomic E-state index is 10.3. The highest BCUT2D eigenvalue weighted by Crippen LogP contribution is 2.32. The summed E-state index contributed by atoms with van der Waals surface area (Å²) in [5.74, 6) is 0. The van der Waals surface area contributed by atoms with Crippen LogP contribution in [0.15, 0.2) is 23.0 Å². The van der Waals surface area contributed by atoms with Gasteiger partial charge in [-0.2, -0.15) is 0 Å². The minimum atomic E-state index is -0.845. The molecule has 1 aromatic rings. The Morgan fingerprint density at radius 3 is 2.71 bits per heavy atom. The van der Waals surface area contributed by atoms with E-state index in [9.17, 15) is 5.11 Å². The van der Waals surface area contributed by atoms with Gasteiger partial charge in [0.25, 0.3) is 0 Å². The smallest absolute Gasteiger partial charge is 0.0951 e. The molecule has 2 heterocycles. The van der Waals surface area contributed by atoms with E-state index in [-0.39, 0.29) is 6.04 Å². The molecule has 0 amide bonds. The van der Waals surface area contributed by atoms with E-state index in [4.69, 9.17) is 14.9 Å². The third kappa shape index (κ3) is 1.68. The Balaban J connectivity index is 2.13. The predicted octanol–water partition coefficient (Wildman–Crippen LogP) is 0.821. The number of ether oxygens (including phenoxy) is 1. The maximum absolute atomic E-state index is 10.3. The fourth-order valence-electron chi connectivity index (χ4n) is 1.80. The molecule has 2 rings (SSSR count). The number of furan rings is 1. The van der Waals surface area contributed by atoms with E-state index >= 15 is 0 Å². The summed E-state index contributed by atoms with van der Waals surface area (Å²) in [4.78, 5) is 0.